The molecule has 3 N–H and O–H groups in total. The van der Waals surface area contributed by atoms with Crippen molar-refractivity contribution in [3.63, 3.8) is 0 Å². The molecule has 2 aromatic carbocycles. The molecule has 6 aliphatic heterocycles. The molecule has 9 heterocycles. The standard InChI is InChI=1S/C26H30ClN7O2S.C20H25ClN6OS/c1-31-10-2-3-22(31)25(35)34-11-8-19(17-34)28-24-23-21(9-16-37(23)36)29-26(30-24)33-14-12-32(13-15-33)20-6-4-18(27)5-7-20;21-14-1-3-16(4-2-14)26-8-10-27(11-9-26)20-24-17-6-12-29(28)18(17)19(25-20)23-15-5-7-22-13-15/h2-7,10,19H,8-9,11-17H2,1H3,(H,28,29,30);1-4,15,22H,5-13H2,(H,23,24,25)/t19-,37?;15-,29?/m11/s1. The van der Waals surface area contributed by atoms with Crippen LogP contribution in [0.4, 0.5) is 34.9 Å². The molecule has 6 aliphatic rings. The second-order valence-corrected chi connectivity index (χ2v) is 21.4. The van der Waals surface area contributed by atoms with Gasteiger partial charge in [0.05, 0.1) is 33.0 Å². The quantitative estimate of drug-likeness (QED) is 0.187. The molecular formula is C46H55Cl2N13O3S2. The number of benzene rings is 2. The van der Waals surface area contributed by atoms with Crippen molar-refractivity contribution >= 4 is 85.6 Å². The average molecular weight is 973 g/mol. The Labute approximate surface area is 400 Å². The van der Waals surface area contributed by atoms with Crippen molar-refractivity contribution in [3.05, 3.63) is 94.0 Å². The van der Waals surface area contributed by atoms with E-state index in [9.17, 15) is 13.2 Å². The largest absolute Gasteiger partial charge is 0.368 e. The van der Waals surface area contributed by atoms with Crippen molar-refractivity contribution < 1.29 is 13.2 Å². The number of halogens is 2. The minimum absolute atomic E-state index is 0.0348. The molecule has 4 saturated heterocycles. The number of anilines is 6. The summed E-state index contributed by atoms with van der Waals surface area (Å²) in [7, 11) is -0.225. The molecule has 0 spiro atoms. The van der Waals surface area contributed by atoms with Crippen LogP contribution in [0.2, 0.25) is 10.0 Å². The van der Waals surface area contributed by atoms with Crippen molar-refractivity contribution in [2.45, 2.75) is 47.6 Å². The van der Waals surface area contributed by atoms with Gasteiger partial charge in [-0.25, -0.2) is 9.97 Å². The van der Waals surface area contributed by atoms with E-state index < -0.39 is 21.6 Å². The number of carbonyl (C=O) groups excluding carboxylic acids is 1. The molecule has 3 aromatic heterocycles. The van der Waals surface area contributed by atoms with E-state index in [-0.39, 0.29) is 11.9 Å². The van der Waals surface area contributed by atoms with E-state index in [1.807, 2.05) is 59.1 Å². The second-order valence-electron chi connectivity index (χ2n) is 17.5. The van der Waals surface area contributed by atoms with Gasteiger partial charge in [-0.05, 0) is 80.1 Å². The van der Waals surface area contributed by atoms with Gasteiger partial charge < -0.3 is 45.0 Å². The van der Waals surface area contributed by atoms with Crippen LogP contribution in [0.1, 0.15) is 34.7 Å². The molecule has 16 nitrogen and oxygen atoms in total. The maximum atomic E-state index is 13.0. The summed E-state index contributed by atoms with van der Waals surface area (Å²) in [6.45, 7) is 10.0. The number of fused-ring (bicyclic) bond motifs is 2. The van der Waals surface area contributed by atoms with Crippen LogP contribution in [0, 0.1) is 0 Å². The first-order valence-electron chi connectivity index (χ1n) is 22.9. The van der Waals surface area contributed by atoms with E-state index >= 15 is 0 Å². The van der Waals surface area contributed by atoms with Gasteiger partial charge in [0.25, 0.3) is 5.91 Å². The number of aryl methyl sites for hydroxylation is 3. The Hall–Kier alpha value is -5.01. The molecule has 0 saturated carbocycles. The van der Waals surface area contributed by atoms with E-state index in [1.165, 1.54) is 5.69 Å². The Morgan fingerprint density at radius 3 is 1.62 bits per heavy atom. The van der Waals surface area contributed by atoms with Gasteiger partial charge in [0.1, 0.15) is 27.1 Å². The van der Waals surface area contributed by atoms with Gasteiger partial charge in [-0.2, -0.15) is 9.97 Å². The molecule has 0 aliphatic carbocycles. The van der Waals surface area contributed by atoms with E-state index in [2.05, 4.69) is 59.8 Å². The Kier molecular flexibility index (Phi) is 13.4. The zero-order chi connectivity index (χ0) is 45.3. The highest BCUT2D eigenvalue weighted by molar-refractivity contribution is 7.85. The fourth-order valence-corrected chi connectivity index (χ4v) is 12.4. The summed E-state index contributed by atoms with van der Waals surface area (Å²) in [6.07, 6.45) is 5.21. The lowest BCUT2D eigenvalue weighted by Crippen LogP contribution is -2.47. The lowest BCUT2D eigenvalue weighted by atomic mass is 10.2. The van der Waals surface area contributed by atoms with Crippen LogP contribution in [0.3, 0.4) is 0 Å². The number of likely N-dealkylation sites (tertiary alicyclic amines) is 1. The predicted octanol–water partition coefficient (Wildman–Crippen LogP) is 4.68. The van der Waals surface area contributed by atoms with Gasteiger partial charge in [-0.15, -0.1) is 0 Å². The first-order chi connectivity index (χ1) is 32.1. The third-order valence-electron chi connectivity index (χ3n) is 13.2. The summed E-state index contributed by atoms with van der Waals surface area (Å²) in [4.78, 5) is 44.9. The van der Waals surface area contributed by atoms with Crippen molar-refractivity contribution in [2.24, 2.45) is 7.05 Å². The van der Waals surface area contributed by atoms with Gasteiger partial charge in [-0.1, -0.05) is 23.2 Å². The highest BCUT2D eigenvalue weighted by Crippen LogP contribution is 2.34. The molecular weight excluding hydrogens is 918 g/mol. The van der Waals surface area contributed by atoms with Crippen molar-refractivity contribution in [1.82, 2.24) is 34.7 Å². The highest BCUT2D eigenvalue weighted by atomic mass is 35.5. The van der Waals surface area contributed by atoms with Crippen LogP contribution in [0.15, 0.2) is 76.7 Å². The monoisotopic (exact) mass is 971 g/mol. The second kappa shape index (κ2) is 19.7. The summed E-state index contributed by atoms with van der Waals surface area (Å²) < 4.78 is 27.2. The first-order valence-corrected chi connectivity index (χ1v) is 26.3. The van der Waals surface area contributed by atoms with Crippen molar-refractivity contribution in [1.29, 1.82) is 0 Å². The molecule has 4 atom stereocenters. The molecule has 1 amide bonds. The van der Waals surface area contributed by atoms with Gasteiger partial charge in [0.15, 0.2) is 0 Å². The predicted molar refractivity (Wildman–Crippen MR) is 264 cm³/mol. The van der Waals surface area contributed by atoms with E-state index in [1.54, 1.807) is 0 Å². The van der Waals surface area contributed by atoms with Gasteiger partial charge in [-0.3, -0.25) is 13.2 Å². The zero-order valence-electron chi connectivity index (χ0n) is 37.0. The van der Waals surface area contributed by atoms with Gasteiger partial charge in [0.2, 0.25) is 11.9 Å². The molecule has 348 valence electrons. The molecule has 5 aromatic rings. The molecule has 0 bridgehead atoms. The van der Waals surface area contributed by atoms with E-state index in [4.69, 9.17) is 43.1 Å². The lowest BCUT2D eigenvalue weighted by Gasteiger charge is -2.36. The summed E-state index contributed by atoms with van der Waals surface area (Å²) >= 11 is 12.1. The zero-order valence-corrected chi connectivity index (χ0v) is 40.1. The average Bonchev–Trinajstić information content (AvgIpc) is 4.21. The number of piperazine rings is 2. The number of carbonyl (C=O) groups is 1. The fraction of sp³-hybridized carbons (Fsp3) is 0.457. The molecule has 0 radical (unpaired) electrons. The smallest absolute Gasteiger partial charge is 0.270 e. The summed E-state index contributed by atoms with van der Waals surface area (Å²) in [5.41, 5.74) is 4.86. The molecule has 2 unspecified atom stereocenters. The topological polar surface area (TPSA) is 160 Å². The van der Waals surface area contributed by atoms with Gasteiger partial charge in [0, 0.05) is 143 Å². The number of nitrogens with zero attached hydrogens (tertiary/aromatic N) is 10. The van der Waals surface area contributed by atoms with Crippen molar-refractivity contribution in [3.8, 4) is 0 Å². The number of hydrogen-bond donors (Lipinski definition) is 3. The number of nitrogens with one attached hydrogen (secondary N) is 3. The Bertz CT molecular complexity index is 2600. The summed E-state index contributed by atoms with van der Waals surface area (Å²) in [5, 5.41) is 11.9. The minimum Gasteiger partial charge on any atom is -0.368 e. The Morgan fingerprint density at radius 1 is 0.652 bits per heavy atom. The number of amides is 1. The van der Waals surface area contributed by atoms with E-state index in [0.717, 1.165) is 133 Å². The molecule has 4 fully saturated rings. The Balaban J connectivity index is 0.000000160. The lowest BCUT2D eigenvalue weighted by molar-refractivity contribution is 0.0782. The minimum atomic E-state index is -1.11. The van der Waals surface area contributed by atoms with Crippen LogP contribution in [-0.4, -0.2) is 146 Å². The van der Waals surface area contributed by atoms with Crippen LogP contribution in [0.25, 0.3) is 0 Å². The van der Waals surface area contributed by atoms with Crippen LogP contribution in [0.5, 0.6) is 0 Å². The van der Waals surface area contributed by atoms with Gasteiger partial charge >= 0.3 is 0 Å². The van der Waals surface area contributed by atoms with Crippen LogP contribution >= 0.6 is 23.2 Å². The number of hydrogen-bond acceptors (Lipinski definition) is 14. The number of rotatable bonds is 9. The normalized spacial score (nSPS) is 22.6. The highest BCUT2D eigenvalue weighted by Gasteiger charge is 2.34. The summed E-state index contributed by atoms with van der Waals surface area (Å²) in [5.74, 6) is 4.14. The SMILES string of the molecule is Cn1cccc1C(=O)N1CC[C@@H](Nc2nc(N3CCN(c4ccc(Cl)cc4)CC3)nc3c2S(=O)CC3)C1.O=S1CCc2nc(N3CCN(c4ccc(Cl)cc4)CC3)nc(N[C@@H]3CCNC3)c21. The maximum Gasteiger partial charge on any atom is 0.270 e. The van der Waals surface area contributed by atoms with Crippen LogP contribution in [-0.2, 0) is 41.5 Å². The number of aromatic nitrogens is 5. The third kappa shape index (κ3) is 9.70. The summed E-state index contributed by atoms with van der Waals surface area (Å²) in [6, 6.07) is 20.1. The fourth-order valence-electron chi connectivity index (χ4n) is 9.55. The Morgan fingerprint density at radius 2 is 1.15 bits per heavy atom. The maximum absolute atomic E-state index is 13.0. The van der Waals surface area contributed by atoms with E-state index in [0.29, 0.717) is 54.5 Å². The third-order valence-corrected chi connectivity index (χ3v) is 16.7. The molecule has 66 heavy (non-hydrogen) atoms. The first kappa shape index (κ1) is 44.8. The molecule has 11 rings (SSSR count). The van der Waals surface area contributed by atoms with Crippen molar-refractivity contribution in [2.75, 3.05) is 120 Å². The van der Waals surface area contributed by atoms with Crippen LogP contribution < -0.4 is 35.6 Å². The molecule has 20 heteroatoms.